The summed E-state index contributed by atoms with van der Waals surface area (Å²) in [4.78, 5) is 28.5. The molecule has 0 unspecified atom stereocenters. The van der Waals surface area contributed by atoms with Gasteiger partial charge in [-0.3, -0.25) is 19.7 Å². The fourth-order valence-corrected chi connectivity index (χ4v) is 22.5. The number of aromatic nitrogens is 4. The van der Waals surface area contributed by atoms with Crippen molar-refractivity contribution in [2.45, 2.75) is 80.4 Å². The predicted octanol–water partition coefficient (Wildman–Crippen LogP) is 13.6. The topological polar surface area (TPSA) is 119 Å². The molecule has 0 N–H and O–H groups in total. The second-order valence-corrected chi connectivity index (χ2v) is 38.4. The smallest absolute Gasteiger partial charge is 1.00 e. The number of carbonyl (C=O) groups excluding carboxylic acids is 1. The Bertz CT molecular complexity index is 4760. The minimum Gasteiger partial charge on any atom is -1.00 e. The van der Waals surface area contributed by atoms with E-state index in [0.29, 0.717) is 0 Å². The number of nitrogens with zero attached hydrogens (tertiary/aromatic N) is 4. The summed E-state index contributed by atoms with van der Waals surface area (Å²) in [5, 5.41) is 25.2. The first-order valence-electron chi connectivity index (χ1n) is 39.7. The van der Waals surface area contributed by atoms with Gasteiger partial charge in [-0.15, -0.1) is 0 Å². The Morgan fingerprint density at radius 1 is 0.333 bits per heavy atom. The number of carbonyl (C=O) groups is 1. The van der Waals surface area contributed by atoms with Crippen molar-refractivity contribution in [3.05, 3.63) is 463 Å². The molecule has 0 bridgehead atoms. The van der Waals surface area contributed by atoms with Crippen LogP contribution in [0.15, 0.2) is 430 Å². The molecule has 0 spiro atoms. The number of aryl methyl sites for hydroxylation is 6. The zero-order valence-corrected chi connectivity index (χ0v) is 84.8. The molecule has 18 heteroatoms. The van der Waals surface area contributed by atoms with Crippen LogP contribution in [0.1, 0.15) is 63.0 Å². The SMILES string of the molecule is Cc1ccc(B2OC(C)(C)C(C)(C)O2)c(C)n1.Cc1ccnc(-c2ccc(C)nc2C)c1.Cc1ccnc(Br)c1.O=CO[O-].[H-].[K+].[K+].[Pd].c1ccc(P(c2ccccc2)c2ccccc2)cc1.c1ccc(P(c2ccccc2)c2ccccc2)cc1.c1ccc(P(c2ccccc2)c2ccccc2)cc1.c1ccc(P(c2ccccc2)c2ccccc2)cc1. The Balaban J connectivity index is 0.000000223. The van der Waals surface area contributed by atoms with Gasteiger partial charge in [-0.1, -0.05) is 370 Å². The van der Waals surface area contributed by atoms with Crippen LogP contribution in [-0.2, 0) is 39.4 Å². The Morgan fingerprint density at radius 3 is 0.748 bits per heavy atom. The summed E-state index contributed by atoms with van der Waals surface area (Å²) >= 11 is 3.25. The zero-order valence-electron chi connectivity index (χ0n) is 72.9. The Labute approximate surface area is 843 Å². The quantitative estimate of drug-likeness (QED) is 0.0247. The van der Waals surface area contributed by atoms with Crippen molar-refractivity contribution in [2.24, 2.45) is 0 Å². The molecule has 0 radical (unpaired) electrons. The van der Waals surface area contributed by atoms with Gasteiger partial charge < -0.3 is 20.9 Å². The molecular weight excluding hydrogens is 1800 g/mol. The average Bonchev–Trinajstić information content (AvgIpc) is 1.61. The van der Waals surface area contributed by atoms with Gasteiger partial charge in [0.15, 0.2) is 0 Å². The molecule has 0 atom stereocenters. The molecule has 4 aromatic heterocycles. The molecule has 16 aromatic rings. The van der Waals surface area contributed by atoms with Crippen LogP contribution < -0.4 is 177 Å². The van der Waals surface area contributed by atoms with Crippen molar-refractivity contribution in [1.29, 1.82) is 0 Å². The number of pyridine rings is 4. The third-order valence-corrected chi connectivity index (χ3v) is 29.5. The van der Waals surface area contributed by atoms with E-state index in [4.69, 9.17) is 19.4 Å². The summed E-state index contributed by atoms with van der Waals surface area (Å²) in [6.07, 6.45) is 3.61. The number of hydrogen-bond donors (Lipinski definition) is 0. The van der Waals surface area contributed by atoms with E-state index >= 15 is 0 Å². The molecular formula is C105H102BBrK2N4O5P4Pd. The maximum atomic E-state index is 8.64. The predicted molar refractivity (Wildman–Crippen MR) is 517 cm³/mol. The summed E-state index contributed by atoms with van der Waals surface area (Å²) in [6.45, 7) is 20.2. The third-order valence-electron chi connectivity index (χ3n) is 19.3. The van der Waals surface area contributed by atoms with Gasteiger partial charge in [0.05, 0.1) is 16.9 Å². The Hall–Kier alpha value is -7.21. The van der Waals surface area contributed by atoms with Crippen LogP contribution in [0.25, 0.3) is 11.3 Å². The van der Waals surface area contributed by atoms with Crippen molar-refractivity contribution in [3.8, 4) is 11.3 Å². The minimum atomic E-state index is -0.446. The van der Waals surface area contributed by atoms with Gasteiger partial charge in [-0.25, -0.2) is 4.98 Å². The standard InChI is InChI=1S/4C18H15P.C13H20BNO2.C13H14N2.C6H6BrN.CH2O3.2K.Pd.H/c4*1-4-10-16(11-5-1)19(17-12-6-2-7-13-17)18-14-8-3-9-15-18;1-9-7-8-11(10(2)15-9)14-16-12(3,4)13(5,6)17-14;1-9-6-7-14-13(8-9)12-5-4-10(2)15-11(12)3;1-5-2-3-8-6(7)4-5;2-1-4-3;;;;/h4*1-15H;7-8H,1-6H3;4-8H,1-3H3;2-4H,1H3;1,3H;;;;/q;;;;;;;;2*+1;;-1/p-1. The second-order valence-electron chi connectivity index (χ2n) is 28.7. The molecule has 1 aliphatic rings. The molecule has 1 saturated heterocycles. The van der Waals surface area contributed by atoms with Crippen LogP contribution in [0, 0.1) is 41.5 Å². The Morgan fingerprint density at radius 2 is 0.553 bits per heavy atom. The van der Waals surface area contributed by atoms with Gasteiger partial charge in [0.25, 0.3) is 6.47 Å². The maximum absolute atomic E-state index is 8.64. The number of halogens is 1. The second kappa shape index (κ2) is 55.4. The van der Waals surface area contributed by atoms with Crippen LogP contribution >= 0.6 is 47.6 Å². The van der Waals surface area contributed by atoms with E-state index in [2.05, 4.69) is 451 Å². The molecule has 9 nitrogen and oxygen atoms in total. The maximum Gasteiger partial charge on any atom is 1.00 e. The number of hydrogen-bond acceptors (Lipinski definition) is 9. The zero-order chi connectivity index (χ0) is 84.7. The summed E-state index contributed by atoms with van der Waals surface area (Å²) in [5.41, 5.74) is 9.07. The fraction of sp³-hybridized carbons (Fsp3) is 0.114. The fourth-order valence-electron chi connectivity index (χ4n) is 12.8. The van der Waals surface area contributed by atoms with Gasteiger partial charge in [0, 0.05) is 66.6 Å². The normalized spacial score (nSPS) is 11.6. The van der Waals surface area contributed by atoms with E-state index in [-0.39, 0.29) is 149 Å². The van der Waals surface area contributed by atoms with Crippen molar-refractivity contribution in [1.82, 2.24) is 19.9 Å². The van der Waals surface area contributed by atoms with Crippen LogP contribution in [0.5, 0.6) is 0 Å². The summed E-state index contributed by atoms with van der Waals surface area (Å²) in [6, 6.07) is 145. The molecule has 5 heterocycles. The molecule has 1 fully saturated rings. The summed E-state index contributed by atoms with van der Waals surface area (Å²) < 4.78 is 12.9. The van der Waals surface area contributed by atoms with Crippen molar-refractivity contribution in [3.63, 3.8) is 0 Å². The van der Waals surface area contributed by atoms with Gasteiger partial charge in [0.2, 0.25) is 0 Å². The van der Waals surface area contributed by atoms with E-state index in [1.807, 2.05) is 77.2 Å². The van der Waals surface area contributed by atoms with Crippen LogP contribution in [0.3, 0.4) is 0 Å². The van der Waals surface area contributed by atoms with Crippen LogP contribution in [-0.4, -0.2) is 44.7 Å². The van der Waals surface area contributed by atoms with Gasteiger partial charge >= 0.3 is 110 Å². The van der Waals surface area contributed by atoms with E-state index in [1.54, 1.807) is 6.20 Å². The van der Waals surface area contributed by atoms with E-state index in [0.717, 1.165) is 44.1 Å². The molecule has 0 saturated carbocycles. The molecule has 1 aliphatic heterocycles. The molecule has 0 amide bonds. The van der Waals surface area contributed by atoms with Crippen molar-refractivity contribution in [2.75, 3.05) is 0 Å². The summed E-state index contributed by atoms with van der Waals surface area (Å²) in [5.74, 6) is 0. The molecule has 12 aromatic carbocycles. The van der Waals surface area contributed by atoms with Gasteiger partial charge in [-0.2, -0.15) is 0 Å². The minimum absolute atomic E-state index is 0. The van der Waals surface area contributed by atoms with Gasteiger partial charge in [-0.05, 0) is 234 Å². The number of rotatable bonds is 15. The monoisotopic (exact) mass is 1900 g/mol. The number of benzene rings is 12. The first kappa shape index (κ1) is 103. The molecule has 123 heavy (non-hydrogen) atoms. The molecule has 614 valence electrons. The molecule has 17 rings (SSSR count). The first-order chi connectivity index (χ1) is 58.4. The van der Waals surface area contributed by atoms with E-state index < -0.39 is 31.7 Å². The van der Waals surface area contributed by atoms with Gasteiger partial charge in [0.1, 0.15) is 4.60 Å². The third kappa shape index (κ3) is 32.9. The van der Waals surface area contributed by atoms with Crippen molar-refractivity contribution >= 4 is 130 Å². The van der Waals surface area contributed by atoms with Crippen molar-refractivity contribution < 1.29 is 149 Å². The Kier molecular flexibility index (Phi) is 46.3. The summed E-state index contributed by atoms with van der Waals surface area (Å²) in [7, 11) is -2.10. The largest absolute Gasteiger partial charge is 1.00 e. The molecule has 0 aliphatic carbocycles. The van der Waals surface area contributed by atoms with E-state index in [9.17, 15) is 0 Å². The van der Waals surface area contributed by atoms with Crippen LogP contribution in [0.4, 0.5) is 0 Å². The average molecular weight is 1900 g/mol. The first-order valence-corrected chi connectivity index (χ1v) is 45.8. The van der Waals surface area contributed by atoms with E-state index in [1.165, 1.54) is 74.8 Å². The van der Waals surface area contributed by atoms with Crippen LogP contribution in [0.2, 0.25) is 0 Å².